The van der Waals surface area contributed by atoms with Crippen molar-refractivity contribution in [2.45, 2.75) is 26.5 Å². The Morgan fingerprint density at radius 3 is 1.90 bits per heavy atom. The summed E-state index contributed by atoms with van der Waals surface area (Å²) in [5.74, 6) is -3.98. The summed E-state index contributed by atoms with van der Waals surface area (Å²) < 4.78 is 151. The van der Waals surface area contributed by atoms with Crippen LogP contribution in [0.2, 0.25) is 5.02 Å². The molecule has 0 saturated heterocycles. The van der Waals surface area contributed by atoms with Crippen molar-refractivity contribution in [1.29, 1.82) is 0 Å². The Kier molecular flexibility index (Phi) is 9.00. The van der Waals surface area contributed by atoms with Crippen LogP contribution in [0.1, 0.15) is 5.82 Å². The molecule has 4 aromatic carbocycles. The van der Waals surface area contributed by atoms with E-state index in [0.717, 1.165) is 18.2 Å². The number of halogens is 2. The molecule has 0 amide bonds. The Hall–Kier alpha value is -4.66. The quantitative estimate of drug-likeness (QED) is 0.0648. The first-order valence-electron chi connectivity index (χ1n) is 12.8. The van der Waals surface area contributed by atoms with Crippen LogP contribution in [0.5, 0.6) is 11.5 Å². The smallest absolute Gasteiger partial charge is 0.295 e. The Morgan fingerprint density at radius 2 is 1.32 bits per heavy atom. The van der Waals surface area contributed by atoms with Crippen LogP contribution < -0.4 is 5.32 Å². The molecule has 0 spiro atoms. The minimum atomic E-state index is -5.39. The molecule has 0 unspecified atom stereocenters. The zero-order valence-electron chi connectivity index (χ0n) is 24.2. The van der Waals surface area contributed by atoms with Crippen molar-refractivity contribution in [3.05, 3.63) is 59.3 Å². The Labute approximate surface area is 284 Å². The van der Waals surface area contributed by atoms with Gasteiger partial charge in [-0.05, 0) is 37.3 Å². The Bertz CT molecular complexity index is 2800. The van der Waals surface area contributed by atoms with Gasteiger partial charge in [0.2, 0.25) is 5.95 Å². The second kappa shape index (κ2) is 12.3. The molecule has 1 heterocycles. The van der Waals surface area contributed by atoms with E-state index in [1.54, 1.807) is 0 Å². The van der Waals surface area contributed by atoms with Crippen LogP contribution in [0.4, 0.5) is 27.3 Å². The van der Waals surface area contributed by atoms with Crippen molar-refractivity contribution in [3.8, 4) is 11.5 Å². The SMILES string of the molecule is Cc1nc(F)c(Cl)c(Nc2cc(S(=O)(=O)O)c3c(O)c(N=Nc4c(O)cc(S(=O)(=O)O)c5cc(S(=O)(=O)O)ccc45)cc(S(=O)(=O)O)c3c2)n1. The van der Waals surface area contributed by atoms with E-state index in [4.69, 9.17) is 11.6 Å². The fourth-order valence-electron chi connectivity index (χ4n) is 4.69. The van der Waals surface area contributed by atoms with Crippen molar-refractivity contribution in [1.82, 2.24) is 9.97 Å². The van der Waals surface area contributed by atoms with Gasteiger partial charge in [-0.25, -0.2) is 9.97 Å². The standard InChI is InChI=1S/C25H17ClFN5O14S4/c1-9-28-24(27)21(26)25(29-9)30-10-4-14-17(48(38,39)40)7-15(23(34)20(14)19(5-10)50(44,45)46)31-32-22-12-3-2-11(47(35,36)37)6-13(12)18(8-16(22)33)49(41,42)43/h2-8,33-34H,1H3,(H,28,29,30)(H,35,36,37)(H,38,39,40)(H,41,42,43)(H,44,45,46). The fraction of sp³-hybridized carbons (Fsp3) is 0.0400. The predicted molar refractivity (Wildman–Crippen MR) is 170 cm³/mol. The molecular formula is C25H17ClFN5O14S4. The number of nitrogens with zero attached hydrogens (tertiary/aromatic N) is 4. The molecule has 0 aliphatic rings. The van der Waals surface area contributed by atoms with E-state index in [-0.39, 0.29) is 5.82 Å². The first kappa shape index (κ1) is 36.6. The lowest BCUT2D eigenvalue weighted by Gasteiger charge is -2.15. The number of phenolic OH excluding ortho intramolecular Hbond substituents is 2. The highest BCUT2D eigenvalue weighted by atomic mass is 35.5. The maximum atomic E-state index is 14.1. The van der Waals surface area contributed by atoms with Gasteiger partial charge in [0.25, 0.3) is 40.5 Å². The van der Waals surface area contributed by atoms with E-state index in [9.17, 15) is 66.5 Å². The molecule has 50 heavy (non-hydrogen) atoms. The zero-order valence-corrected chi connectivity index (χ0v) is 28.2. The number of benzene rings is 4. The lowest BCUT2D eigenvalue weighted by molar-refractivity contribution is 0.468. The fourth-order valence-corrected chi connectivity index (χ4v) is 7.47. The van der Waals surface area contributed by atoms with Crippen molar-refractivity contribution < 1.29 is 66.5 Å². The molecule has 5 rings (SSSR count). The second-order valence-electron chi connectivity index (χ2n) is 10.0. The van der Waals surface area contributed by atoms with Crippen LogP contribution in [0.25, 0.3) is 21.5 Å². The topological polar surface area (TPSA) is 320 Å². The van der Waals surface area contributed by atoms with Gasteiger partial charge in [0, 0.05) is 33.3 Å². The third-order valence-electron chi connectivity index (χ3n) is 6.71. The summed E-state index contributed by atoms with van der Waals surface area (Å²) in [5.41, 5.74) is -2.04. The molecule has 0 aliphatic heterocycles. The van der Waals surface area contributed by atoms with Crippen molar-refractivity contribution in [2.24, 2.45) is 10.2 Å². The minimum absolute atomic E-state index is 0.137. The molecule has 0 bridgehead atoms. The lowest BCUT2D eigenvalue weighted by Crippen LogP contribution is -2.06. The normalized spacial score (nSPS) is 13.0. The summed E-state index contributed by atoms with van der Waals surface area (Å²) >= 11 is 5.88. The first-order chi connectivity index (χ1) is 22.9. The predicted octanol–water partition coefficient (Wildman–Crippen LogP) is 4.44. The van der Waals surface area contributed by atoms with E-state index in [1.807, 2.05) is 0 Å². The minimum Gasteiger partial charge on any atom is -0.506 e. The van der Waals surface area contributed by atoms with Crippen LogP contribution in [-0.2, 0) is 40.5 Å². The number of fused-ring (bicyclic) bond motifs is 2. The van der Waals surface area contributed by atoms with Crippen LogP contribution in [0.15, 0.2) is 72.3 Å². The highest BCUT2D eigenvalue weighted by Gasteiger charge is 2.28. The van der Waals surface area contributed by atoms with E-state index in [0.29, 0.717) is 24.3 Å². The molecule has 0 radical (unpaired) electrons. The van der Waals surface area contributed by atoms with Gasteiger partial charge in [0.15, 0.2) is 11.6 Å². The second-order valence-corrected chi connectivity index (χ2v) is 16.0. The number of rotatable bonds is 8. The molecule has 7 N–H and O–H groups in total. The van der Waals surface area contributed by atoms with Crippen molar-refractivity contribution >= 4 is 96.5 Å². The molecule has 0 aliphatic carbocycles. The molecule has 5 aromatic rings. The zero-order chi connectivity index (χ0) is 37.3. The number of aromatic nitrogens is 2. The van der Waals surface area contributed by atoms with Gasteiger partial charge >= 0.3 is 0 Å². The summed E-state index contributed by atoms with van der Waals surface area (Å²) in [5, 5.41) is 28.0. The van der Waals surface area contributed by atoms with Gasteiger partial charge in [-0.15, -0.1) is 10.2 Å². The van der Waals surface area contributed by atoms with Gasteiger partial charge in [-0.2, -0.15) is 38.1 Å². The maximum absolute atomic E-state index is 14.1. The number of aromatic hydroxyl groups is 2. The van der Waals surface area contributed by atoms with Crippen LogP contribution in [0.3, 0.4) is 0 Å². The van der Waals surface area contributed by atoms with Gasteiger partial charge in [0.1, 0.15) is 42.7 Å². The average Bonchev–Trinajstić information content (AvgIpc) is 2.97. The number of anilines is 2. The van der Waals surface area contributed by atoms with Crippen LogP contribution in [-0.4, -0.2) is 72.1 Å². The van der Waals surface area contributed by atoms with E-state index >= 15 is 0 Å². The molecule has 19 nitrogen and oxygen atoms in total. The third-order valence-corrected chi connectivity index (χ3v) is 10.6. The van der Waals surface area contributed by atoms with Crippen molar-refractivity contribution in [2.75, 3.05) is 5.32 Å². The highest BCUT2D eigenvalue weighted by molar-refractivity contribution is 7.87. The lowest BCUT2D eigenvalue weighted by atomic mass is 10.1. The van der Waals surface area contributed by atoms with Gasteiger partial charge in [-0.1, -0.05) is 17.7 Å². The molecule has 264 valence electrons. The van der Waals surface area contributed by atoms with Crippen molar-refractivity contribution in [3.63, 3.8) is 0 Å². The summed E-state index contributed by atoms with van der Waals surface area (Å²) in [6.07, 6.45) is 0. The monoisotopic (exact) mass is 793 g/mol. The summed E-state index contributed by atoms with van der Waals surface area (Å²) in [4.78, 5) is 3.04. The molecule has 0 atom stereocenters. The first-order valence-corrected chi connectivity index (χ1v) is 18.9. The average molecular weight is 794 g/mol. The largest absolute Gasteiger partial charge is 0.506 e. The van der Waals surface area contributed by atoms with Crippen LogP contribution in [0, 0.1) is 12.9 Å². The van der Waals surface area contributed by atoms with Gasteiger partial charge in [0.05, 0.1) is 4.90 Å². The number of azo groups is 1. The number of hydrogen-bond donors (Lipinski definition) is 7. The number of nitrogens with one attached hydrogen (secondary N) is 1. The van der Waals surface area contributed by atoms with Crippen LogP contribution >= 0.6 is 11.6 Å². The summed E-state index contributed by atoms with van der Waals surface area (Å²) in [7, 11) is -20.8. The Balaban J connectivity index is 1.80. The maximum Gasteiger partial charge on any atom is 0.295 e. The molecule has 1 aromatic heterocycles. The molecule has 25 heteroatoms. The van der Waals surface area contributed by atoms with E-state index in [1.165, 1.54) is 6.92 Å². The molecule has 0 fully saturated rings. The third kappa shape index (κ3) is 7.00. The summed E-state index contributed by atoms with van der Waals surface area (Å²) in [6.45, 7) is 1.28. The number of phenols is 2. The number of aryl methyl sites for hydroxylation is 1. The summed E-state index contributed by atoms with van der Waals surface area (Å²) in [6, 6.07) is 4.60. The van der Waals surface area contributed by atoms with E-state index in [2.05, 4.69) is 25.5 Å². The van der Waals surface area contributed by atoms with Gasteiger partial charge < -0.3 is 15.5 Å². The molecule has 0 saturated carbocycles. The highest BCUT2D eigenvalue weighted by Crippen LogP contribution is 2.46. The van der Waals surface area contributed by atoms with E-state index < -0.39 is 127 Å². The Morgan fingerprint density at radius 1 is 0.720 bits per heavy atom. The van der Waals surface area contributed by atoms with Gasteiger partial charge in [-0.3, -0.25) is 18.2 Å². The number of hydrogen-bond acceptors (Lipinski definition) is 15. The molecular weight excluding hydrogens is 777 g/mol.